The fourth-order valence-corrected chi connectivity index (χ4v) is 4.77. The minimum atomic E-state index is -0.327. The highest BCUT2D eigenvalue weighted by Crippen LogP contribution is 2.32. The van der Waals surface area contributed by atoms with E-state index in [-0.39, 0.29) is 11.9 Å². The molecule has 0 saturated carbocycles. The fraction of sp³-hybridized carbons (Fsp3) is 0.385. The van der Waals surface area contributed by atoms with Crippen molar-refractivity contribution in [1.82, 2.24) is 15.3 Å². The molecule has 1 aromatic heterocycles. The van der Waals surface area contributed by atoms with Crippen molar-refractivity contribution in [3.63, 3.8) is 0 Å². The predicted octanol–water partition coefficient (Wildman–Crippen LogP) is 2.63. The molecule has 8 nitrogen and oxygen atoms in total. The van der Waals surface area contributed by atoms with E-state index >= 15 is 0 Å². The van der Waals surface area contributed by atoms with Gasteiger partial charge >= 0.3 is 0 Å². The van der Waals surface area contributed by atoms with Gasteiger partial charge in [0.15, 0.2) is 0 Å². The van der Waals surface area contributed by atoms with E-state index in [2.05, 4.69) is 38.8 Å². The van der Waals surface area contributed by atoms with Crippen molar-refractivity contribution < 1.29 is 19.4 Å². The van der Waals surface area contributed by atoms with Crippen LogP contribution in [-0.2, 0) is 17.8 Å². The number of hydrogen-bond acceptors (Lipinski definition) is 5. The van der Waals surface area contributed by atoms with Gasteiger partial charge in [-0.2, -0.15) is 5.10 Å². The van der Waals surface area contributed by atoms with Gasteiger partial charge < -0.3 is 25.0 Å². The summed E-state index contributed by atoms with van der Waals surface area (Å²) in [4.78, 5) is 15.6. The molecular weight excluding hydrogens is 430 g/mol. The second-order valence-electron chi connectivity index (χ2n) is 9.09. The van der Waals surface area contributed by atoms with E-state index in [1.165, 1.54) is 12.0 Å². The normalized spacial score (nSPS) is 20.1. The van der Waals surface area contributed by atoms with E-state index in [4.69, 9.17) is 9.47 Å². The van der Waals surface area contributed by atoms with Gasteiger partial charge in [0, 0.05) is 12.6 Å². The van der Waals surface area contributed by atoms with Gasteiger partial charge in [0.2, 0.25) is 12.1 Å². The largest absolute Gasteiger partial charge is 0.497 e. The number of H-pyrrole nitrogens is 2. The van der Waals surface area contributed by atoms with E-state index in [1.54, 1.807) is 7.11 Å². The van der Waals surface area contributed by atoms with E-state index < -0.39 is 0 Å². The first kappa shape index (κ1) is 22.4. The van der Waals surface area contributed by atoms with Crippen molar-refractivity contribution in [3.05, 3.63) is 59.9 Å². The molecule has 1 amide bonds. The van der Waals surface area contributed by atoms with Crippen molar-refractivity contribution in [2.24, 2.45) is 0 Å². The summed E-state index contributed by atoms with van der Waals surface area (Å²) in [5, 5.41) is 12.4. The standard InChI is InChI=1S/C26H31N5O3/c1-31-9-3-4-21(31)16-34-25-12-17(20-14-28-29-15-20)6-8-23(25)30-26(32)24-11-19-10-22(33-2)7-5-18(19)13-27-24/h5-8,10,12,14-15,21,24,27H,3-4,9,11,13,16H2,1-2H3,(H,28,29)(H,30,32)/p+1/t21?,24-/m1/s1. The summed E-state index contributed by atoms with van der Waals surface area (Å²) in [5.74, 6) is 1.43. The third-order valence-electron chi connectivity index (χ3n) is 6.91. The topological polar surface area (TPSA) is 92.8 Å². The first-order valence-corrected chi connectivity index (χ1v) is 11.8. The van der Waals surface area contributed by atoms with Crippen LogP contribution in [0.1, 0.15) is 24.0 Å². The van der Waals surface area contributed by atoms with Crippen LogP contribution in [0.5, 0.6) is 11.5 Å². The van der Waals surface area contributed by atoms with Crippen LogP contribution in [0.4, 0.5) is 5.69 Å². The van der Waals surface area contributed by atoms with Gasteiger partial charge in [-0.3, -0.25) is 4.79 Å². The Bertz CT molecular complexity index is 1150. The summed E-state index contributed by atoms with van der Waals surface area (Å²) in [6, 6.07) is 12.0. The van der Waals surface area contributed by atoms with Crippen molar-refractivity contribution >= 4 is 11.6 Å². The number of hydrogen-bond donors (Lipinski definition) is 3. The zero-order valence-corrected chi connectivity index (χ0v) is 19.7. The molecule has 3 heterocycles. The molecule has 2 aliphatic rings. The molecule has 178 valence electrons. The lowest BCUT2D eigenvalue weighted by atomic mass is 9.95. The van der Waals surface area contributed by atoms with Gasteiger partial charge in [-0.15, -0.1) is 5.10 Å². The number of ether oxygens (including phenoxy) is 2. The van der Waals surface area contributed by atoms with Crippen LogP contribution in [-0.4, -0.2) is 55.3 Å². The number of aromatic amines is 2. The summed E-state index contributed by atoms with van der Waals surface area (Å²) < 4.78 is 11.7. The molecule has 1 fully saturated rings. The van der Waals surface area contributed by atoms with Gasteiger partial charge in [-0.1, -0.05) is 12.1 Å². The van der Waals surface area contributed by atoms with Crippen molar-refractivity contribution in [3.8, 4) is 22.6 Å². The highest BCUT2D eigenvalue weighted by Gasteiger charge is 2.26. The Morgan fingerprint density at radius 3 is 2.88 bits per heavy atom. The highest BCUT2D eigenvalue weighted by molar-refractivity contribution is 5.96. The number of amides is 1. The van der Waals surface area contributed by atoms with Crippen molar-refractivity contribution in [2.75, 3.05) is 32.6 Å². The number of methoxy groups -OCH3 is 1. The van der Waals surface area contributed by atoms with Crippen LogP contribution in [0.3, 0.4) is 0 Å². The summed E-state index contributed by atoms with van der Waals surface area (Å²) in [6.07, 6.45) is 6.73. The molecule has 4 N–H and O–H groups in total. The lowest BCUT2D eigenvalue weighted by molar-refractivity contribution is -0.448. The fourth-order valence-electron chi connectivity index (χ4n) is 4.77. The SMILES string of the molecule is COc1ccc2c(c1)C[C@H](C(=O)Nc1ccc(-c3c[nH][nH+]c3)cc1OCC1CCCN1C)NC2. The van der Waals surface area contributed by atoms with Crippen molar-refractivity contribution in [1.29, 1.82) is 0 Å². The average Bonchev–Trinajstić information content (AvgIpc) is 3.54. The van der Waals surface area contributed by atoms with E-state index in [0.29, 0.717) is 37.1 Å². The van der Waals surface area contributed by atoms with Crippen LogP contribution in [0, 0.1) is 0 Å². The maximum atomic E-state index is 13.2. The molecule has 0 spiro atoms. The monoisotopic (exact) mass is 462 g/mol. The molecular formula is C26H32N5O3+. The number of fused-ring (bicyclic) bond motifs is 1. The molecule has 1 unspecified atom stereocenters. The highest BCUT2D eigenvalue weighted by atomic mass is 16.5. The number of benzene rings is 2. The number of carbonyl (C=O) groups is 1. The Hall–Kier alpha value is -3.36. The number of carbonyl (C=O) groups excluding carboxylic acids is 1. The Morgan fingerprint density at radius 1 is 1.21 bits per heavy atom. The van der Waals surface area contributed by atoms with Gasteiger partial charge in [-0.05, 0) is 73.8 Å². The third-order valence-corrected chi connectivity index (χ3v) is 6.91. The molecule has 0 radical (unpaired) electrons. The lowest BCUT2D eigenvalue weighted by Gasteiger charge is -2.26. The van der Waals surface area contributed by atoms with Crippen LogP contribution in [0.2, 0.25) is 0 Å². The smallest absolute Gasteiger partial charge is 0.241 e. The minimum Gasteiger partial charge on any atom is -0.497 e. The summed E-state index contributed by atoms with van der Waals surface area (Å²) in [6.45, 7) is 2.34. The van der Waals surface area contributed by atoms with Gasteiger partial charge in [0.25, 0.3) is 0 Å². The number of likely N-dealkylation sites (tertiary alicyclic amines) is 1. The number of aromatic nitrogens is 2. The average molecular weight is 463 g/mol. The number of likely N-dealkylation sites (N-methyl/N-ethyl adjacent to an activating group) is 1. The van der Waals surface area contributed by atoms with Crippen LogP contribution >= 0.6 is 0 Å². The Labute approximate surface area is 199 Å². The van der Waals surface area contributed by atoms with Crippen molar-refractivity contribution in [2.45, 2.75) is 37.9 Å². The van der Waals surface area contributed by atoms with Gasteiger partial charge in [0.1, 0.15) is 18.1 Å². The minimum absolute atomic E-state index is 0.0703. The van der Waals surface area contributed by atoms with E-state index in [9.17, 15) is 4.79 Å². The molecule has 0 bridgehead atoms. The first-order valence-electron chi connectivity index (χ1n) is 11.8. The van der Waals surface area contributed by atoms with Crippen LogP contribution in [0.25, 0.3) is 11.1 Å². The molecule has 34 heavy (non-hydrogen) atoms. The number of rotatable bonds is 7. The third kappa shape index (κ3) is 4.78. The summed E-state index contributed by atoms with van der Waals surface area (Å²) >= 11 is 0. The predicted molar refractivity (Wildman–Crippen MR) is 130 cm³/mol. The summed E-state index contributed by atoms with van der Waals surface area (Å²) in [7, 11) is 3.80. The quantitative estimate of drug-likeness (QED) is 0.502. The summed E-state index contributed by atoms with van der Waals surface area (Å²) in [5.41, 5.74) is 5.06. The van der Waals surface area contributed by atoms with Gasteiger partial charge in [-0.25, -0.2) is 0 Å². The Morgan fingerprint density at radius 2 is 2.12 bits per heavy atom. The van der Waals surface area contributed by atoms with E-state index in [1.807, 2.05) is 42.7 Å². The molecule has 5 rings (SSSR count). The van der Waals surface area contributed by atoms with E-state index in [0.717, 1.165) is 35.4 Å². The zero-order valence-electron chi connectivity index (χ0n) is 19.7. The molecule has 0 aliphatic carbocycles. The maximum Gasteiger partial charge on any atom is 0.241 e. The molecule has 2 atom stereocenters. The molecule has 3 aromatic rings. The molecule has 2 aromatic carbocycles. The Kier molecular flexibility index (Phi) is 6.51. The molecule has 1 saturated heterocycles. The first-order chi connectivity index (χ1) is 16.6. The molecule has 8 heteroatoms. The van der Waals surface area contributed by atoms with Crippen LogP contribution in [0.15, 0.2) is 48.8 Å². The molecule has 2 aliphatic heterocycles. The van der Waals surface area contributed by atoms with Crippen LogP contribution < -0.4 is 25.2 Å². The zero-order chi connectivity index (χ0) is 23.5. The Balaban J connectivity index is 1.33. The van der Waals surface area contributed by atoms with Gasteiger partial charge in [0.05, 0.1) is 30.6 Å². The number of nitrogens with zero attached hydrogens (tertiary/aromatic N) is 1. The number of anilines is 1. The lowest BCUT2D eigenvalue weighted by Crippen LogP contribution is -2.44. The number of nitrogens with one attached hydrogen (secondary N) is 4. The maximum absolute atomic E-state index is 13.2. The second kappa shape index (κ2) is 9.87. The second-order valence-corrected chi connectivity index (χ2v) is 9.09.